The van der Waals surface area contributed by atoms with E-state index < -0.39 is 11.0 Å². The van der Waals surface area contributed by atoms with Crippen molar-refractivity contribution in [2.24, 2.45) is 5.92 Å². The van der Waals surface area contributed by atoms with Crippen LogP contribution in [-0.4, -0.2) is 34.6 Å². The van der Waals surface area contributed by atoms with Crippen LogP contribution in [0.4, 0.5) is 5.69 Å². The third-order valence-electron chi connectivity index (χ3n) is 3.28. The van der Waals surface area contributed by atoms with Crippen LogP contribution >= 0.6 is 11.8 Å². The highest BCUT2D eigenvalue weighted by Crippen LogP contribution is 2.23. The molecule has 104 valence electrons. The van der Waals surface area contributed by atoms with Crippen LogP contribution in [-0.2, 0) is 0 Å². The van der Waals surface area contributed by atoms with E-state index >= 15 is 0 Å². The van der Waals surface area contributed by atoms with Gasteiger partial charge in [0.15, 0.2) is 0 Å². The lowest BCUT2D eigenvalue weighted by atomic mass is 10.1. The van der Waals surface area contributed by atoms with Crippen LogP contribution in [0.15, 0.2) is 24.3 Å². The topological polar surface area (TPSA) is 75.4 Å². The molecule has 1 aromatic rings. The Morgan fingerprint density at radius 2 is 2.21 bits per heavy atom. The molecular weight excluding hydrogens is 264 g/mol. The van der Waals surface area contributed by atoms with E-state index in [1.165, 1.54) is 30.1 Å². The second-order valence-electron chi connectivity index (χ2n) is 4.75. The standard InChI is InChI=1S/C13H18N2O3S/c16-13(8-14-7-10-5-6-19-9-10)11-1-3-12(4-2-11)15(17)18/h1-4,10,13-14,16H,5-9H2. The van der Waals surface area contributed by atoms with Crippen LogP contribution in [0.1, 0.15) is 18.1 Å². The summed E-state index contributed by atoms with van der Waals surface area (Å²) in [6.07, 6.45) is 0.625. The number of non-ortho nitro benzene ring substituents is 1. The minimum atomic E-state index is -0.616. The number of thioether (sulfide) groups is 1. The zero-order valence-corrected chi connectivity index (χ0v) is 11.4. The first kappa shape index (κ1) is 14.3. The summed E-state index contributed by atoms with van der Waals surface area (Å²) in [6.45, 7) is 1.41. The van der Waals surface area contributed by atoms with Gasteiger partial charge in [-0.1, -0.05) is 0 Å². The van der Waals surface area contributed by atoms with Gasteiger partial charge in [0.25, 0.3) is 5.69 Å². The van der Waals surface area contributed by atoms with Gasteiger partial charge in [0.05, 0.1) is 11.0 Å². The molecule has 0 amide bonds. The molecule has 2 atom stereocenters. The molecule has 1 fully saturated rings. The lowest BCUT2D eigenvalue weighted by Crippen LogP contribution is -2.27. The molecule has 0 aliphatic carbocycles. The Morgan fingerprint density at radius 1 is 1.47 bits per heavy atom. The van der Waals surface area contributed by atoms with Crippen LogP contribution < -0.4 is 5.32 Å². The molecule has 1 heterocycles. The van der Waals surface area contributed by atoms with Gasteiger partial charge in [-0.05, 0) is 48.1 Å². The Kier molecular flexibility index (Phi) is 5.18. The Morgan fingerprint density at radius 3 is 2.79 bits per heavy atom. The van der Waals surface area contributed by atoms with E-state index in [0.29, 0.717) is 18.0 Å². The van der Waals surface area contributed by atoms with Crippen LogP contribution in [0, 0.1) is 16.0 Å². The predicted molar refractivity (Wildman–Crippen MR) is 76.4 cm³/mol. The van der Waals surface area contributed by atoms with Crippen LogP contribution in [0.2, 0.25) is 0 Å². The summed E-state index contributed by atoms with van der Waals surface area (Å²) in [4.78, 5) is 10.1. The number of hydrogen-bond donors (Lipinski definition) is 2. The largest absolute Gasteiger partial charge is 0.387 e. The average molecular weight is 282 g/mol. The lowest BCUT2D eigenvalue weighted by molar-refractivity contribution is -0.384. The van der Waals surface area contributed by atoms with E-state index in [9.17, 15) is 15.2 Å². The predicted octanol–water partition coefficient (Wildman–Crippen LogP) is 1.97. The zero-order chi connectivity index (χ0) is 13.7. The molecule has 5 nitrogen and oxygen atoms in total. The number of aliphatic hydroxyl groups excluding tert-OH is 1. The van der Waals surface area contributed by atoms with Gasteiger partial charge in [-0.3, -0.25) is 10.1 Å². The van der Waals surface area contributed by atoms with Crippen LogP contribution in [0.25, 0.3) is 0 Å². The van der Waals surface area contributed by atoms with Crippen molar-refractivity contribution in [2.75, 3.05) is 24.6 Å². The number of aliphatic hydroxyl groups is 1. The van der Waals surface area contributed by atoms with Crippen molar-refractivity contribution in [1.82, 2.24) is 5.32 Å². The molecule has 0 radical (unpaired) electrons. The Labute approximate surface area is 116 Å². The van der Waals surface area contributed by atoms with Crippen molar-refractivity contribution < 1.29 is 10.0 Å². The second kappa shape index (κ2) is 6.88. The lowest BCUT2D eigenvalue weighted by Gasteiger charge is -2.14. The molecule has 19 heavy (non-hydrogen) atoms. The van der Waals surface area contributed by atoms with Gasteiger partial charge in [0.2, 0.25) is 0 Å². The minimum Gasteiger partial charge on any atom is -0.387 e. The van der Waals surface area contributed by atoms with Gasteiger partial charge >= 0.3 is 0 Å². The fraction of sp³-hybridized carbons (Fsp3) is 0.538. The molecule has 1 aliphatic heterocycles. The molecule has 2 unspecified atom stereocenters. The van der Waals surface area contributed by atoms with E-state index in [1.54, 1.807) is 12.1 Å². The molecular formula is C13H18N2O3S. The number of benzene rings is 1. The van der Waals surface area contributed by atoms with Crippen LogP contribution in [0.5, 0.6) is 0 Å². The molecule has 6 heteroatoms. The number of nitrogens with one attached hydrogen (secondary N) is 1. The molecule has 0 bridgehead atoms. The highest BCUT2D eigenvalue weighted by Gasteiger charge is 2.16. The highest BCUT2D eigenvalue weighted by molar-refractivity contribution is 7.99. The molecule has 0 aromatic heterocycles. The summed E-state index contributed by atoms with van der Waals surface area (Å²) in [5.74, 6) is 3.13. The molecule has 1 aromatic carbocycles. The fourth-order valence-corrected chi connectivity index (χ4v) is 3.39. The Balaban J connectivity index is 1.78. The molecule has 1 aliphatic rings. The van der Waals surface area contributed by atoms with Gasteiger partial charge in [-0.15, -0.1) is 0 Å². The fourth-order valence-electron chi connectivity index (χ4n) is 2.10. The maximum Gasteiger partial charge on any atom is 0.269 e. The second-order valence-corrected chi connectivity index (χ2v) is 5.90. The number of rotatable bonds is 6. The monoisotopic (exact) mass is 282 g/mol. The molecule has 2 N–H and O–H groups in total. The number of nitro benzene ring substituents is 1. The summed E-state index contributed by atoms with van der Waals surface area (Å²) in [7, 11) is 0. The normalized spacial score (nSPS) is 20.4. The van der Waals surface area contributed by atoms with Gasteiger partial charge in [-0.2, -0.15) is 11.8 Å². The van der Waals surface area contributed by atoms with Crippen molar-refractivity contribution >= 4 is 17.4 Å². The van der Waals surface area contributed by atoms with Gasteiger partial charge in [0.1, 0.15) is 0 Å². The van der Waals surface area contributed by atoms with Crippen molar-refractivity contribution in [3.05, 3.63) is 39.9 Å². The SMILES string of the molecule is O=[N+]([O-])c1ccc(C(O)CNCC2CCSC2)cc1. The van der Waals surface area contributed by atoms with Crippen molar-refractivity contribution in [2.45, 2.75) is 12.5 Å². The van der Waals surface area contributed by atoms with Crippen LogP contribution in [0.3, 0.4) is 0 Å². The van der Waals surface area contributed by atoms with Gasteiger partial charge < -0.3 is 10.4 Å². The number of hydrogen-bond acceptors (Lipinski definition) is 5. The first-order chi connectivity index (χ1) is 9.16. The van der Waals surface area contributed by atoms with E-state index in [4.69, 9.17) is 0 Å². The molecule has 2 rings (SSSR count). The number of nitrogens with zero attached hydrogens (tertiary/aromatic N) is 1. The maximum absolute atomic E-state index is 10.5. The third-order valence-corrected chi connectivity index (χ3v) is 4.51. The number of nitro groups is 1. The Hall–Kier alpha value is -1.11. The summed E-state index contributed by atoms with van der Waals surface area (Å²) in [5, 5.41) is 23.8. The summed E-state index contributed by atoms with van der Waals surface area (Å²) in [5.41, 5.74) is 0.755. The minimum absolute atomic E-state index is 0.0480. The summed E-state index contributed by atoms with van der Waals surface area (Å²) < 4.78 is 0. The third kappa shape index (κ3) is 4.19. The summed E-state index contributed by atoms with van der Waals surface area (Å²) in [6, 6.07) is 6.06. The van der Waals surface area contributed by atoms with E-state index in [0.717, 1.165) is 6.54 Å². The van der Waals surface area contributed by atoms with E-state index in [1.807, 2.05) is 11.8 Å². The first-order valence-corrected chi connectivity index (χ1v) is 7.53. The van der Waals surface area contributed by atoms with E-state index in [2.05, 4.69) is 5.32 Å². The highest BCUT2D eigenvalue weighted by atomic mass is 32.2. The molecule has 0 spiro atoms. The zero-order valence-electron chi connectivity index (χ0n) is 10.6. The van der Waals surface area contributed by atoms with Crippen molar-refractivity contribution in [3.8, 4) is 0 Å². The van der Waals surface area contributed by atoms with E-state index in [-0.39, 0.29) is 5.69 Å². The smallest absolute Gasteiger partial charge is 0.269 e. The summed E-state index contributed by atoms with van der Waals surface area (Å²) >= 11 is 1.98. The van der Waals surface area contributed by atoms with Crippen molar-refractivity contribution in [1.29, 1.82) is 0 Å². The molecule has 1 saturated heterocycles. The van der Waals surface area contributed by atoms with Crippen molar-refractivity contribution in [3.63, 3.8) is 0 Å². The maximum atomic E-state index is 10.5. The quantitative estimate of drug-likeness (QED) is 0.616. The van der Waals surface area contributed by atoms with Gasteiger partial charge in [0, 0.05) is 18.7 Å². The Bertz CT molecular complexity index is 418. The first-order valence-electron chi connectivity index (χ1n) is 6.37. The molecule has 0 saturated carbocycles. The average Bonchev–Trinajstić information content (AvgIpc) is 2.92. The van der Waals surface area contributed by atoms with Gasteiger partial charge in [-0.25, -0.2) is 0 Å².